The van der Waals surface area contributed by atoms with E-state index in [1.54, 1.807) is 0 Å². The zero-order valence-electron chi connectivity index (χ0n) is 9.77. The van der Waals surface area contributed by atoms with E-state index in [0.29, 0.717) is 13.2 Å². The Hall–Kier alpha value is -1.46. The van der Waals surface area contributed by atoms with Gasteiger partial charge in [0.2, 0.25) is 0 Å². The van der Waals surface area contributed by atoms with Gasteiger partial charge in [-0.25, -0.2) is 9.59 Å². The van der Waals surface area contributed by atoms with Gasteiger partial charge in [-0.3, -0.25) is 0 Å². The lowest BCUT2D eigenvalue weighted by atomic mass is 10.4. The number of hydrogen-bond acceptors (Lipinski definition) is 4. The zero-order chi connectivity index (χ0) is 12.8. The maximum absolute atomic E-state index is 10.7. The summed E-state index contributed by atoms with van der Waals surface area (Å²) in [5.41, 5.74) is 0. The summed E-state index contributed by atoms with van der Waals surface area (Å²) in [6.45, 7) is 5.04. The van der Waals surface area contributed by atoms with Gasteiger partial charge in [-0.2, -0.15) is 0 Å². The van der Waals surface area contributed by atoms with Crippen LogP contribution in [-0.2, 0) is 9.47 Å². The van der Waals surface area contributed by atoms with Crippen LogP contribution in [0.3, 0.4) is 0 Å². The molecule has 0 spiro atoms. The molecule has 0 saturated heterocycles. The van der Waals surface area contributed by atoms with Gasteiger partial charge in [-0.1, -0.05) is 26.7 Å². The highest BCUT2D eigenvalue weighted by atomic mass is 16.7. The number of carbonyl (C=O) groups excluding carboxylic acids is 1. The summed E-state index contributed by atoms with van der Waals surface area (Å²) in [7, 11) is 0. The normalized spacial score (nSPS) is 8.62. The van der Waals surface area contributed by atoms with E-state index in [9.17, 15) is 4.79 Å². The van der Waals surface area contributed by atoms with Crippen LogP contribution in [0.15, 0.2) is 0 Å². The van der Waals surface area contributed by atoms with Gasteiger partial charge in [-0.05, 0) is 12.8 Å². The molecule has 16 heavy (non-hydrogen) atoms. The van der Waals surface area contributed by atoms with Crippen molar-refractivity contribution in [1.29, 1.82) is 0 Å². The summed E-state index contributed by atoms with van der Waals surface area (Å²) in [6, 6.07) is 0. The Bertz CT molecular complexity index is 164. The van der Waals surface area contributed by atoms with Crippen molar-refractivity contribution in [1.82, 2.24) is 0 Å². The first-order chi connectivity index (χ1) is 7.54. The Morgan fingerprint density at radius 1 is 0.938 bits per heavy atom. The summed E-state index contributed by atoms with van der Waals surface area (Å²) in [4.78, 5) is 19.3. The van der Waals surface area contributed by atoms with E-state index >= 15 is 0 Å². The third kappa shape index (κ3) is 22.9. The summed E-state index contributed by atoms with van der Waals surface area (Å²) < 4.78 is 9.54. The Morgan fingerprint density at radius 3 is 1.50 bits per heavy atom. The van der Waals surface area contributed by atoms with E-state index in [0.717, 1.165) is 25.7 Å². The Morgan fingerprint density at radius 2 is 1.25 bits per heavy atom. The molecule has 0 bridgehead atoms. The van der Waals surface area contributed by atoms with Crippen molar-refractivity contribution in [2.45, 2.75) is 39.5 Å². The molecule has 0 fully saturated rings. The van der Waals surface area contributed by atoms with Crippen LogP contribution in [0.4, 0.5) is 9.59 Å². The number of ether oxygens (including phenoxy) is 2. The molecule has 0 rings (SSSR count). The minimum atomic E-state index is -1.83. The monoisotopic (exact) mass is 236 g/mol. The molecule has 0 aromatic heterocycles. The predicted molar refractivity (Wildman–Crippen MR) is 57.8 cm³/mol. The van der Waals surface area contributed by atoms with Crippen molar-refractivity contribution in [2.24, 2.45) is 0 Å². The average Bonchev–Trinajstić information content (AvgIpc) is 2.18. The number of unbranched alkanes of at least 4 members (excludes halogenated alkanes) is 2. The van der Waals surface area contributed by atoms with Crippen molar-refractivity contribution in [3.63, 3.8) is 0 Å². The Kier molecular flexibility index (Phi) is 14.3. The second-order valence-corrected chi connectivity index (χ2v) is 2.94. The van der Waals surface area contributed by atoms with Crippen LogP contribution < -0.4 is 0 Å². The van der Waals surface area contributed by atoms with Crippen molar-refractivity contribution < 1.29 is 29.3 Å². The third-order valence-corrected chi connectivity index (χ3v) is 1.44. The number of hydrogen-bond donors (Lipinski definition) is 2. The standard InChI is InChI=1S/C9H18O3.CH2O3/c1-3-5-7-11-9(10)12-8-6-4-2;2-1(3)4/h3-8H2,1-2H3;(H2,2,3,4). The van der Waals surface area contributed by atoms with Gasteiger partial charge in [-0.15, -0.1) is 0 Å². The lowest BCUT2D eigenvalue weighted by molar-refractivity contribution is 0.0536. The minimum Gasteiger partial charge on any atom is -0.450 e. The average molecular weight is 236 g/mol. The minimum absolute atomic E-state index is 0.474. The molecule has 2 N–H and O–H groups in total. The van der Waals surface area contributed by atoms with Gasteiger partial charge in [0.15, 0.2) is 0 Å². The summed E-state index contributed by atoms with van der Waals surface area (Å²) in [5, 5.41) is 13.9. The van der Waals surface area contributed by atoms with Crippen LogP contribution in [0, 0.1) is 0 Å². The fraction of sp³-hybridized carbons (Fsp3) is 0.800. The fourth-order valence-corrected chi connectivity index (χ4v) is 0.641. The van der Waals surface area contributed by atoms with Crippen molar-refractivity contribution in [3.8, 4) is 0 Å². The molecule has 96 valence electrons. The molecular formula is C10H20O6. The molecule has 0 saturated carbocycles. The Labute approximate surface area is 95.2 Å². The van der Waals surface area contributed by atoms with Gasteiger partial charge in [0.1, 0.15) is 0 Å². The molecule has 6 nitrogen and oxygen atoms in total. The highest BCUT2D eigenvalue weighted by Crippen LogP contribution is 1.93. The highest BCUT2D eigenvalue weighted by molar-refractivity contribution is 5.59. The fourth-order valence-electron chi connectivity index (χ4n) is 0.641. The van der Waals surface area contributed by atoms with Gasteiger partial charge >= 0.3 is 12.3 Å². The molecule has 0 radical (unpaired) electrons. The lowest BCUT2D eigenvalue weighted by Gasteiger charge is -2.04. The number of rotatable bonds is 6. The number of carboxylic acid groups (broad SMARTS) is 2. The first-order valence-electron chi connectivity index (χ1n) is 5.26. The van der Waals surface area contributed by atoms with Crippen LogP contribution in [-0.4, -0.2) is 35.7 Å². The van der Waals surface area contributed by atoms with E-state index in [2.05, 4.69) is 0 Å². The molecular weight excluding hydrogens is 216 g/mol. The van der Waals surface area contributed by atoms with Crippen LogP contribution in [0.5, 0.6) is 0 Å². The maximum Gasteiger partial charge on any atom is 0.508 e. The maximum atomic E-state index is 10.7. The molecule has 0 heterocycles. The molecule has 0 aliphatic rings. The summed E-state index contributed by atoms with van der Waals surface area (Å²) in [6.07, 6.45) is 1.51. The quantitative estimate of drug-likeness (QED) is 0.544. The molecule has 0 aromatic carbocycles. The van der Waals surface area contributed by atoms with Crippen LogP contribution in [0.25, 0.3) is 0 Å². The molecule has 6 heteroatoms. The van der Waals surface area contributed by atoms with Gasteiger partial charge < -0.3 is 19.7 Å². The highest BCUT2D eigenvalue weighted by Gasteiger charge is 2.00. The molecule has 0 aliphatic heterocycles. The third-order valence-electron chi connectivity index (χ3n) is 1.44. The van der Waals surface area contributed by atoms with Crippen molar-refractivity contribution in [3.05, 3.63) is 0 Å². The van der Waals surface area contributed by atoms with Crippen molar-refractivity contribution >= 4 is 12.3 Å². The SMILES string of the molecule is CCCCOC(=O)OCCCC.O=C(O)O. The number of carbonyl (C=O) groups is 2. The second kappa shape index (κ2) is 13.5. The summed E-state index contributed by atoms with van der Waals surface area (Å²) in [5.74, 6) is 0. The van der Waals surface area contributed by atoms with E-state index < -0.39 is 12.3 Å². The lowest BCUT2D eigenvalue weighted by Crippen LogP contribution is -2.09. The van der Waals surface area contributed by atoms with E-state index in [-0.39, 0.29) is 0 Å². The molecule has 0 aromatic rings. The zero-order valence-corrected chi connectivity index (χ0v) is 9.77. The van der Waals surface area contributed by atoms with Crippen LogP contribution >= 0.6 is 0 Å². The smallest absolute Gasteiger partial charge is 0.450 e. The topological polar surface area (TPSA) is 93.1 Å². The van der Waals surface area contributed by atoms with E-state index in [1.807, 2.05) is 13.8 Å². The largest absolute Gasteiger partial charge is 0.508 e. The molecule has 0 unspecified atom stereocenters. The van der Waals surface area contributed by atoms with Gasteiger partial charge in [0.05, 0.1) is 13.2 Å². The molecule has 0 aliphatic carbocycles. The summed E-state index contributed by atoms with van der Waals surface area (Å²) >= 11 is 0. The first-order valence-corrected chi connectivity index (χ1v) is 5.26. The van der Waals surface area contributed by atoms with E-state index in [1.165, 1.54) is 0 Å². The van der Waals surface area contributed by atoms with Crippen LogP contribution in [0.2, 0.25) is 0 Å². The molecule has 0 amide bonds. The Balaban J connectivity index is 0. The van der Waals surface area contributed by atoms with Gasteiger partial charge in [0.25, 0.3) is 0 Å². The molecule has 0 atom stereocenters. The van der Waals surface area contributed by atoms with Crippen molar-refractivity contribution in [2.75, 3.05) is 13.2 Å². The second-order valence-electron chi connectivity index (χ2n) is 2.94. The van der Waals surface area contributed by atoms with Crippen LogP contribution in [0.1, 0.15) is 39.5 Å². The predicted octanol–water partition coefficient (Wildman–Crippen LogP) is 2.96. The van der Waals surface area contributed by atoms with Gasteiger partial charge in [0, 0.05) is 0 Å². The first kappa shape index (κ1) is 17.0. The van der Waals surface area contributed by atoms with E-state index in [4.69, 9.17) is 24.5 Å².